The van der Waals surface area contributed by atoms with Gasteiger partial charge in [0.2, 0.25) is 5.91 Å². The minimum atomic E-state index is -1.03. The second-order valence-corrected chi connectivity index (χ2v) is 6.67. The Bertz CT molecular complexity index is 754. The number of nitrogens with zero attached hydrogens (tertiary/aromatic N) is 1. The molecule has 0 saturated carbocycles. The normalized spacial score (nSPS) is 23.2. The van der Waals surface area contributed by atoms with E-state index in [2.05, 4.69) is 0 Å². The van der Waals surface area contributed by atoms with Crippen molar-refractivity contribution in [2.24, 2.45) is 0 Å². The molecule has 0 bridgehead atoms. The Morgan fingerprint density at radius 3 is 2.80 bits per heavy atom. The molecule has 0 radical (unpaired) electrons. The van der Waals surface area contributed by atoms with E-state index in [1.165, 1.54) is 6.08 Å². The maximum atomic E-state index is 12.7. The van der Waals surface area contributed by atoms with Gasteiger partial charge in [-0.1, -0.05) is 6.07 Å². The number of ketones is 1. The van der Waals surface area contributed by atoms with Crippen molar-refractivity contribution in [2.75, 3.05) is 13.1 Å². The molecule has 0 aliphatic carbocycles. The third-order valence-electron chi connectivity index (χ3n) is 4.87. The molecule has 0 aromatic heterocycles. The van der Waals surface area contributed by atoms with Crippen LogP contribution in [0.2, 0.25) is 0 Å². The lowest BCUT2D eigenvalue weighted by molar-refractivity contribution is -0.131. The highest BCUT2D eigenvalue weighted by atomic mass is 16.5. The average molecular weight is 343 g/mol. The molecule has 1 amide bonds. The zero-order valence-corrected chi connectivity index (χ0v) is 14.2. The van der Waals surface area contributed by atoms with Crippen LogP contribution < -0.4 is 4.74 Å². The molecule has 1 saturated heterocycles. The smallest absolute Gasteiger partial charge is 0.328 e. The zero-order chi connectivity index (χ0) is 18.0. The predicted octanol–water partition coefficient (Wildman–Crippen LogP) is 2.52. The van der Waals surface area contributed by atoms with Crippen molar-refractivity contribution < 1.29 is 24.2 Å². The molecular weight excluding hydrogens is 322 g/mol. The van der Waals surface area contributed by atoms with Crippen molar-refractivity contribution in [3.8, 4) is 5.75 Å². The standard InChI is InChI=1S/C19H21NO5/c1-13(21)20-9-2-7-19(8-10-20)12-16(22)15-11-14(4-6-18(23)24)3-5-17(15)25-19/h3-6,11H,2,7-10,12H2,1H3,(H,23,24)/b6-4+. The third-order valence-corrected chi connectivity index (χ3v) is 4.87. The summed E-state index contributed by atoms with van der Waals surface area (Å²) in [6.45, 7) is 2.85. The van der Waals surface area contributed by atoms with Gasteiger partial charge in [0.05, 0.1) is 12.0 Å². The van der Waals surface area contributed by atoms with Crippen LogP contribution in [0.25, 0.3) is 6.08 Å². The fourth-order valence-corrected chi connectivity index (χ4v) is 3.54. The van der Waals surface area contributed by atoms with Gasteiger partial charge in [0.15, 0.2) is 5.78 Å². The second-order valence-electron chi connectivity index (χ2n) is 6.67. The van der Waals surface area contributed by atoms with E-state index in [1.807, 2.05) is 0 Å². The Kier molecular flexibility index (Phi) is 4.61. The van der Waals surface area contributed by atoms with E-state index in [9.17, 15) is 14.4 Å². The first-order valence-corrected chi connectivity index (χ1v) is 8.41. The molecule has 25 heavy (non-hydrogen) atoms. The fraction of sp³-hybridized carbons (Fsp3) is 0.421. The number of carbonyl (C=O) groups excluding carboxylic acids is 2. The molecule has 2 aliphatic rings. The van der Waals surface area contributed by atoms with E-state index < -0.39 is 11.6 Å². The maximum Gasteiger partial charge on any atom is 0.328 e. The van der Waals surface area contributed by atoms with Gasteiger partial charge in [-0.05, 0) is 36.6 Å². The van der Waals surface area contributed by atoms with Gasteiger partial charge in [-0.2, -0.15) is 0 Å². The zero-order valence-electron chi connectivity index (χ0n) is 14.2. The average Bonchev–Trinajstić information content (AvgIpc) is 2.76. The predicted molar refractivity (Wildman–Crippen MR) is 91.5 cm³/mol. The number of likely N-dealkylation sites (tertiary alicyclic amines) is 1. The second kappa shape index (κ2) is 6.70. The molecule has 6 heteroatoms. The van der Waals surface area contributed by atoms with Crippen LogP contribution in [0, 0.1) is 0 Å². The number of benzene rings is 1. The lowest BCUT2D eigenvalue weighted by Gasteiger charge is -2.37. The highest BCUT2D eigenvalue weighted by Gasteiger charge is 2.41. The highest BCUT2D eigenvalue weighted by molar-refractivity contribution is 6.01. The van der Waals surface area contributed by atoms with Crippen LogP contribution in [0.3, 0.4) is 0 Å². The third kappa shape index (κ3) is 3.73. The Morgan fingerprint density at radius 2 is 2.08 bits per heavy atom. The van der Waals surface area contributed by atoms with Crippen LogP contribution >= 0.6 is 0 Å². The lowest BCUT2D eigenvalue weighted by atomic mass is 9.84. The summed E-state index contributed by atoms with van der Waals surface area (Å²) >= 11 is 0. The maximum absolute atomic E-state index is 12.7. The van der Waals surface area contributed by atoms with Crippen molar-refractivity contribution in [1.29, 1.82) is 0 Å². The summed E-state index contributed by atoms with van der Waals surface area (Å²) in [5, 5.41) is 8.71. The molecule has 1 aromatic rings. The number of hydrogen-bond donors (Lipinski definition) is 1. The van der Waals surface area contributed by atoms with E-state index in [0.717, 1.165) is 18.9 Å². The fourth-order valence-electron chi connectivity index (χ4n) is 3.54. The monoisotopic (exact) mass is 343 g/mol. The summed E-state index contributed by atoms with van der Waals surface area (Å²) < 4.78 is 6.22. The number of rotatable bonds is 2. The molecule has 1 fully saturated rings. The van der Waals surface area contributed by atoms with Gasteiger partial charge in [0.1, 0.15) is 11.4 Å². The summed E-state index contributed by atoms with van der Waals surface area (Å²) in [6, 6.07) is 5.13. The molecule has 6 nitrogen and oxygen atoms in total. The number of amides is 1. The number of Topliss-reactive ketones (excluding diaryl/α,β-unsaturated/α-hetero) is 1. The van der Waals surface area contributed by atoms with Crippen LogP contribution in [-0.4, -0.2) is 46.4 Å². The van der Waals surface area contributed by atoms with E-state index >= 15 is 0 Å². The lowest BCUT2D eigenvalue weighted by Crippen LogP contribution is -2.43. The van der Waals surface area contributed by atoms with Gasteiger partial charge >= 0.3 is 5.97 Å². The SMILES string of the molecule is CC(=O)N1CCCC2(CC1)CC(=O)c1cc(/C=C/C(=O)O)ccc1O2. The van der Waals surface area contributed by atoms with Crippen LogP contribution in [0.1, 0.15) is 48.5 Å². The number of ether oxygens (including phenoxy) is 1. The topological polar surface area (TPSA) is 83.9 Å². The number of carbonyl (C=O) groups is 3. The Labute approximate surface area is 146 Å². The van der Waals surface area contributed by atoms with Crippen LogP contribution in [0.15, 0.2) is 24.3 Å². The van der Waals surface area contributed by atoms with Crippen molar-refractivity contribution in [1.82, 2.24) is 4.90 Å². The number of carboxylic acids is 1. The molecule has 1 spiro atoms. The Morgan fingerprint density at radius 1 is 1.28 bits per heavy atom. The summed E-state index contributed by atoms with van der Waals surface area (Å²) in [4.78, 5) is 36.7. The molecular formula is C19H21NO5. The van der Waals surface area contributed by atoms with Gasteiger partial charge < -0.3 is 14.7 Å². The van der Waals surface area contributed by atoms with E-state index in [0.29, 0.717) is 36.4 Å². The quantitative estimate of drug-likeness (QED) is 0.834. The van der Waals surface area contributed by atoms with Gasteiger partial charge in [0, 0.05) is 32.5 Å². The van der Waals surface area contributed by atoms with Crippen LogP contribution in [0.4, 0.5) is 0 Å². The van der Waals surface area contributed by atoms with E-state index in [-0.39, 0.29) is 18.1 Å². The summed E-state index contributed by atoms with van der Waals surface area (Å²) in [6.07, 6.45) is 4.97. The summed E-state index contributed by atoms with van der Waals surface area (Å²) in [5.74, 6) is -0.440. The van der Waals surface area contributed by atoms with Crippen molar-refractivity contribution in [3.05, 3.63) is 35.4 Å². The molecule has 1 atom stereocenters. The Balaban J connectivity index is 1.83. The van der Waals surface area contributed by atoms with Gasteiger partial charge in [-0.3, -0.25) is 9.59 Å². The largest absolute Gasteiger partial charge is 0.486 e. The summed E-state index contributed by atoms with van der Waals surface area (Å²) in [5.41, 5.74) is 0.593. The highest BCUT2D eigenvalue weighted by Crippen LogP contribution is 2.39. The van der Waals surface area contributed by atoms with Gasteiger partial charge in [-0.15, -0.1) is 0 Å². The first-order chi connectivity index (χ1) is 11.9. The molecule has 1 aromatic carbocycles. The number of aliphatic carboxylic acids is 1. The van der Waals surface area contributed by atoms with E-state index in [4.69, 9.17) is 9.84 Å². The number of carboxylic acid groups (broad SMARTS) is 1. The molecule has 2 heterocycles. The van der Waals surface area contributed by atoms with Crippen molar-refractivity contribution >= 4 is 23.7 Å². The molecule has 1 N–H and O–H groups in total. The molecule has 132 valence electrons. The number of hydrogen-bond acceptors (Lipinski definition) is 4. The first kappa shape index (κ1) is 17.2. The van der Waals surface area contributed by atoms with E-state index in [1.54, 1.807) is 30.0 Å². The van der Waals surface area contributed by atoms with Gasteiger partial charge in [-0.25, -0.2) is 4.79 Å². The number of fused-ring (bicyclic) bond motifs is 1. The minimum absolute atomic E-state index is 0.00287. The molecule has 2 aliphatic heterocycles. The molecule has 1 unspecified atom stereocenters. The minimum Gasteiger partial charge on any atom is -0.486 e. The first-order valence-electron chi connectivity index (χ1n) is 8.41. The Hall–Kier alpha value is -2.63. The van der Waals surface area contributed by atoms with Crippen LogP contribution in [-0.2, 0) is 9.59 Å². The van der Waals surface area contributed by atoms with Gasteiger partial charge in [0.25, 0.3) is 0 Å². The summed E-state index contributed by atoms with van der Waals surface area (Å²) in [7, 11) is 0. The molecule has 3 rings (SSSR count). The van der Waals surface area contributed by atoms with Crippen molar-refractivity contribution in [3.63, 3.8) is 0 Å². The van der Waals surface area contributed by atoms with Crippen LogP contribution in [0.5, 0.6) is 5.75 Å². The van der Waals surface area contributed by atoms with Crippen molar-refractivity contribution in [2.45, 2.75) is 38.2 Å².